The van der Waals surface area contributed by atoms with Crippen molar-refractivity contribution in [3.63, 3.8) is 0 Å². The molecular weight excluding hydrogens is 492 g/mol. The lowest BCUT2D eigenvalue weighted by Gasteiger charge is -2.14. The van der Waals surface area contributed by atoms with Crippen molar-refractivity contribution < 1.29 is 14.3 Å². The number of nitrogens with one attached hydrogen (secondary N) is 3. The van der Waals surface area contributed by atoms with Crippen molar-refractivity contribution >= 4 is 23.4 Å². The first kappa shape index (κ1) is 27.4. The molecule has 2 aromatic heterocycles. The molecular formula is C30H34N6O3. The minimum Gasteiger partial charge on any atom is -0.457 e. The van der Waals surface area contributed by atoms with E-state index in [-0.39, 0.29) is 23.0 Å². The highest BCUT2D eigenvalue weighted by atomic mass is 16.5. The molecule has 0 aliphatic heterocycles. The van der Waals surface area contributed by atoms with Gasteiger partial charge in [0.05, 0.1) is 11.4 Å². The number of hydrogen-bond acceptors (Lipinski definition) is 5. The Balaban J connectivity index is 1.52. The number of hydrogen-bond donors (Lipinski definition) is 3. The fourth-order valence-corrected chi connectivity index (χ4v) is 4.08. The summed E-state index contributed by atoms with van der Waals surface area (Å²) in [6.45, 7) is 12.2. The Morgan fingerprint density at radius 3 is 2.21 bits per heavy atom. The zero-order chi connectivity index (χ0) is 28.3. The van der Waals surface area contributed by atoms with Gasteiger partial charge in [-0.05, 0) is 73.9 Å². The van der Waals surface area contributed by atoms with Gasteiger partial charge in [-0.1, -0.05) is 26.8 Å². The van der Waals surface area contributed by atoms with E-state index in [1.54, 1.807) is 36.0 Å². The van der Waals surface area contributed by atoms with Crippen LogP contribution in [0.4, 0.5) is 16.3 Å². The summed E-state index contributed by atoms with van der Waals surface area (Å²) in [5, 5.41) is 13.2. The van der Waals surface area contributed by atoms with Crippen LogP contribution >= 0.6 is 0 Å². The summed E-state index contributed by atoms with van der Waals surface area (Å²) in [6, 6.07) is 16.3. The van der Waals surface area contributed by atoms with Gasteiger partial charge in [0.25, 0.3) is 5.91 Å². The number of benzene rings is 2. The van der Waals surface area contributed by atoms with Gasteiger partial charge in [0.15, 0.2) is 0 Å². The SMILES string of the molecule is CNC(=O)c1cc(Oc2ccc(NC(=O)Nc3cc(C(C)(C)C)nn3-c3cc(C)cc(C)c3)c(C)c2)ccn1. The molecule has 9 nitrogen and oxygen atoms in total. The molecule has 0 saturated carbocycles. The lowest BCUT2D eigenvalue weighted by molar-refractivity contribution is 0.0957. The molecule has 202 valence electrons. The average Bonchev–Trinajstić information content (AvgIpc) is 3.29. The number of aromatic nitrogens is 3. The highest BCUT2D eigenvalue weighted by molar-refractivity contribution is 6.00. The van der Waals surface area contributed by atoms with Gasteiger partial charge in [0.1, 0.15) is 23.0 Å². The Morgan fingerprint density at radius 2 is 1.56 bits per heavy atom. The van der Waals surface area contributed by atoms with Crippen LogP contribution in [-0.2, 0) is 5.41 Å². The van der Waals surface area contributed by atoms with Crippen molar-refractivity contribution in [3.05, 3.63) is 88.9 Å². The minimum absolute atomic E-state index is 0.195. The van der Waals surface area contributed by atoms with Crippen LogP contribution in [0.25, 0.3) is 5.69 Å². The number of anilines is 2. The molecule has 0 fully saturated rings. The number of urea groups is 1. The number of aryl methyl sites for hydroxylation is 3. The Hall–Kier alpha value is -4.66. The van der Waals surface area contributed by atoms with E-state index >= 15 is 0 Å². The van der Waals surface area contributed by atoms with Crippen LogP contribution in [0.1, 0.15) is 53.6 Å². The molecule has 0 bridgehead atoms. The van der Waals surface area contributed by atoms with Gasteiger partial charge < -0.3 is 15.4 Å². The maximum Gasteiger partial charge on any atom is 0.324 e. The van der Waals surface area contributed by atoms with E-state index in [1.165, 1.54) is 6.20 Å². The summed E-state index contributed by atoms with van der Waals surface area (Å²) in [4.78, 5) is 29.0. The van der Waals surface area contributed by atoms with Crippen molar-refractivity contribution in [3.8, 4) is 17.2 Å². The lowest BCUT2D eigenvalue weighted by atomic mass is 9.92. The standard InChI is InChI=1S/C30H34N6O3/c1-18-12-19(2)14-21(13-18)36-27(17-26(35-36)30(4,5)6)34-29(38)33-24-9-8-22(15-20(24)3)39-23-10-11-32-25(16-23)28(37)31-7/h8-17H,1-7H3,(H,31,37)(H2,33,34,38). The van der Waals surface area contributed by atoms with Gasteiger partial charge in [-0.15, -0.1) is 0 Å². The summed E-state index contributed by atoms with van der Waals surface area (Å²) in [6.07, 6.45) is 1.51. The van der Waals surface area contributed by atoms with Gasteiger partial charge in [-0.2, -0.15) is 5.10 Å². The zero-order valence-corrected chi connectivity index (χ0v) is 23.3. The van der Waals surface area contributed by atoms with E-state index in [1.807, 2.05) is 45.0 Å². The quantitative estimate of drug-likeness (QED) is 0.274. The second-order valence-corrected chi connectivity index (χ2v) is 10.5. The second kappa shape index (κ2) is 11.0. The molecule has 0 saturated heterocycles. The van der Waals surface area contributed by atoms with Gasteiger partial charge in [0, 0.05) is 36.5 Å². The molecule has 0 spiro atoms. The largest absolute Gasteiger partial charge is 0.457 e. The first-order chi connectivity index (χ1) is 18.4. The van der Waals surface area contributed by atoms with Gasteiger partial charge in [-0.25, -0.2) is 9.48 Å². The summed E-state index contributed by atoms with van der Waals surface area (Å²) in [5.41, 5.74) is 5.48. The maximum atomic E-state index is 13.1. The molecule has 0 atom stereocenters. The molecule has 3 amide bonds. The van der Waals surface area contributed by atoms with E-state index < -0.39 is 0 Å². The molecule has 0 radical (unpaired) electrons. The molecule has 0 aliphatic rings. The van der Waals surface area contributed by atoms with Crippen molar-refractivity contribution in [2.24, 2.45) is 0 Å². The number of rotatable bonds is 6. The fraction of sp³-hybridized carbons (Fsp3) is 0.267. The number of carbonyl (C=O) groups is 2. The Labute approximate surface area is 228 Å². The third-order valence-electron chi connectivity index (χ3n) is 6.04. The molecule has 2 aromatic carbocycles. The molecule has 2 heterocycles. The number of pyridine rings is 1. The third-order valence-corrected chi connectivity index (χ3v) is 6.04. The van der Waals surface area contributed by atoms with Crippen molar-refractivity contribution in [2.45, 2.75) is 47.0 Å². The third kappa shape index (κ3) is 6.62. The van der Waals surface area contributed by atoms with E-state index in [0.29, 0.717) is 23.0 Å². The topological polar surface area (TPSA) is 110 Å². The highest BCUT2D eigenvalue weighted by Gasteiger charge is 2.22. The number of ether oxygens (including phenoxy) is 1. The highest BCUT2D eigenvalue weighted by Crippen LogP contribution is 2.29. The summed E-state index contributed by atoms with van der Waals surface area (Å²) >= 11 is 0. The second-order valence-electron chi connectivity index (χ2n) is 10.5. The molecule has 4 aromatic rings. The molecule has 4 rings (SSSR count). The number of nitrogens with zero attached hydrogens (tertiary/aromatic N) is 3. The first-order valence-corrected chi connectivity index (χ1v) is 12.7. The van der Waals surface area contributed by atoms with Crippen LogP contribution in [0, 0.1) is 20.8 Å². The van der Waals surface area contributed by atoms with E-state index in [4.69, 9.17) is 9.84 Å². The molecule has 0 unspecified atom stereocenters. The Bertz CT molecular complexity index is 1510. The zero-order valence-electron chi connectivity index (χ0n) is 23.3. The van der Waals surface area contributed by atoms with Crippen LogP contribution in [0.5, 0.6) is 11.5 Å². The number of carbonyl (C=O) groups excluding carboxylic acids is 2. The van der Waals surface area contributed by atoms with Gasteiger partial charge in [-0.3, -0.25) is 15.1 Å². The van der Waals surface area contributed by atoms with Crippen LogP contribution < -0.4 is 20.7 Å². The monoisotopic (exact) mass is 526 g/mol. The van der Waals surface area contributed by atoms with Crippen molar-refractivity contribution in [2.75, 3.05) is 17.7 Å². The Morgan fingerprint density at radius 1 is 0.872 bits per heavy atom. The first-order valence-electron chi connectivity index (χ1n) is 12.7. The van der Waals surface area contributed by atoms with Crippen molar-refractivity contribution in [1.29, 1.82) is 0 Å². The minimum atomic E-state index is -0.387. The smallest absolute Gasteiger partial charge is 0.324 e. The van der Waals surface area contributed by atoms with E-state index in [2.05, 4.69) is 47.8 Å². The van der Waals surface area contributed by atoms with Crippen LogP contribution in [0.3, 0.4) is 0 Å². The van der Waals surface area contributed by atoms with Crippen LogP contribution in [-0.4, -0.2) is 33.8 Å². The summed E-state index contributed by atoms with van der Waals surface area (Å²) < 4.78 is 7.68. The molecule has 0 aliphatic carbocycles. The maximum absolute atomic E-state index is 13.1. The summed E-state index contributed by atoms with van der Waals surface area (Å²) in [5.74, 6) is 1.33. The molecule has 39 heavy (non-hydrogen) atoms. The van der Waals surface area contributed by atoms with E-state index in [0.717, 1.165) is 28.1 Å². The summed E-state index contributed by atoms with van der Waals surface area (Å²) in [7, 11) is 1.55. The van der Waals surface area contributed by atoms with Gasteiger partial charge >= 0.3 is 6.03 Å². The fourth-order valence-electron chi connectivity index (χ4n) is 4.08. The number of amides is 3. The average molecular weight is 527 g/mol. The van der Waals surface area contributed by atoms with Crippen molar-refractivity contribution in [1.82, 2.24) is 20.1 Å². The normalized spacial score (nSPS) is 11.2. The Kier molecular flexibility index (Phi) is 7.71. The molecule has 9 heteroatoms. The van der Waals surface area contributed by atoms with Crippen LogP contribution in [0.15, 0.2) is 60.8 Å². The lowest BCUT2D eigenvalue weighted by Crippen LogP contribution is -2.21. The predicted octanol–water partition coefficient (Wildman–Crippen LogP) is 6.29. The van der Waals surface area contributed by atoms with Crippen LogP contribution in [0.2, 0.25) is 0 Å². The van der Waals surface area contributed by atoms with E-state index in [9.17, 15) is 9.59 Å². The van der Waals surface area contributed by atoms with Gasteiger partial charge in [0.2, 0.25) is 0 Å². The molecule has 3 N–H and O–H groups in total. The predicted molar refractivity (Wildman–Crippen MR) is 153 cm³/mol.